The number of anilines is 1. The van der Waals surface area contributed by atoms with Gasteiger partial charge in [0.2, 0.25) is 0 Å². The first-order valence-corrected chi connectivity index (χ1v) is 7.84. The van der Waals surface area contributed by atoms with Crippen molar-refractivity contribution in [3.8, 4) is 0 Å². The predicted octanol–water partition coefficient (Wildman–Crippen LogP) is 4.32. The van der Waals surface area contributed by atoms with Gasteiger partial charge in [-0.2, -0.15) is 0 Å². The highest BCUT2D eigenvalue weighted by Gasteiger charge is 2.22. The number of nitrogens with one attached hydrogen (secondary N) is 1. The van der Waals surface area contributed by atoms with Crippen LogP contribution >= 0.6 is 22.9 Å². The zero-order chi connectivity index (χ0) is 13.2. The molecule has 1 fully saturated rings. The second kappa shape index (κ2) is 5.65. The Morgan fingerprint density at radius 2 is 2.11 bits per heavy atom. The van der Waals surface area contributed by atoms with Crippen LogP contribution in [0.2, 0.25) is 5.02 Å². The number of nitrogens with zero attached hydrogens (tertiary/aromatic N) is 1. The summed E-state index contributed by atoms with van der Waals surface area (Å²) >= 11 is 7.96. The molecular formula is C14H17ClN2OS. The molecule has 1 aromatic carbocycles. The fourth-order valence-corrected chi connectivity index (χ4v) is 3.58. The third kappa shape index (κ3) is 2.71. The molecule has 1 aliphatic carbocycles. The van der Waals surface area contributed by atoms with E-state index in [9.17, 15) is 0 Å². The molecule has 0 atom stereocenters. The molecule has 19 heavy (non-hydrogen) atoms. The minimum atomic E-state index is 0.420. The fraction of sp³-hybridized carbons (Fsp3) is 0.500. The minimum Gasteiger partial charge on any atom is -0.381 e. The molecule has 0 bridgehead atoms. The largest absolute Gasteiger partial charge is 0.381 e. The number of hydrogen-bond acceptors (Lipinski definition) is 4. The van der Waals surface area contributed by atoms with Crippen molar-refractivity contribution in [2.45, 2.75) is 37.8 Å². The van der Waals surface area contributed by atoms with Crippen LogP contribution in [0.5, 0.6) is 0 Å². The predicted molar refractivity (Wildman–Crippen MR) is 81.3 cm³/mol. The van der Waals surface area contributed by atoms with E-state index in [0.717, 1.165) is 41.9 Å². The first-order valence-electron chi connectivity index (χ1n) is 6.59. The molecule has 0 saturated heterocycles. The molecular weight excluding hydrogens is 280 g/mol. The van der Waals surface area contributed by atoms with Gasteiger partial charge in [-0.05, 0) is 37.8 Å². The first kappa shape index (κ1) is 13.2. The molecule has 0 radical (unpaired) electrons. The summed E-state index contributed by atoms with van der Waals surface area (Å²) in [5, 5.41) is 4.34. The van der Waals surface area contributed by atoms with Gasteiger partial charge in [0.15, 0.2) is 0 Å². The highest BCUT2D eigenvalue weighted by atomic mass is 35.5. The maximum Gasteiger partial charge on any atom is 0.106 e. The minimum absolute atomic E-state index is 0.420. The van der Waals surface area contributed by atoms with Gasteiger partial charge >= 0.3 is 0 Å². The van der Waals surface area contributed by atoms with Crippen molar-refractivity contribution >= 4 is 38.8 Å². The van der Waals surface area contributed by atoms with Crippen LogP contribution in [0, 0.1) is 0 Å². The summed E-state index contributed by atoms with van der Waals surface area (Å²) in [6.07, 6.45) is 4.88. The SMILES string of the molecule is COC1CCC(Nc2c(Cl)ccc3scnc23)CC1. The van der Waals surface area contributed by atoms with Gasteiger partial charge in [-0.1, -0.05) is 11.6 Å². The topological polar surface area (TPSA) is 34.1 Å². The molecule has 1 N–H and O–H groups in total. The second-order valence-corrected chi connectivity index (χ2v) is 6.27. The van der Waals surface area contributed by atoms with E-state index < -0.39 is 0 Å². The van der Waals surface area contributed by atoms with Crippen LogP contribution in [0.3, 0.4) is 0 Å². The van der Waals surface area contributed by atoms with E-state index >= 15 is 0 Å². The number of methoxy groups -OCH3 is 1. The highest BCUT2D eigenvalue weighted by molar-refractivity contribution is 7.16. The van der Waals surface area contributed by atoms with Crippen molar-refractivity contribution in [2.75, 3.05) is 12.4 Å². The fourth-order valence-electron chi connectivity index (χ4n) is 2.69. The lowest BCUT2D eigenvalue weighted by Gasteiger charge is -2.29. The molecule has 0 aliphatic heterocycles. The molecule has 2 aromatic rings. The molecule has 1 heterocycles. The Morgan fingerprint density at radius 1 is 1.32 bits per heavy atom. The van der Waals surface area contributed by atoms with E-state index in [2.05, 4.69) is 10.3 Å². The zero-order valence-corrected chi connectivity index (χ0v) is 12.4. The van der Waals surface area contributed by atoms with E-state index in [1.807, 2.05) is 17.6 Å². The van der Waals surface area contributed by atoms with E-state index in [-0.39, 0.29) is 0 Å². The average Bonchev–Trinajstić information content (AvgIpc) is 2.91. The van der Waals surface area contributed by atoms with Crippen LogP contribution in [0.25, 0.3) is 10.2 Å². The summed E-state index contributed by atoms with van der Waals surface area (Å²) in [7, 11) is 1.80. The lowest BCUT2D eigenvalue weighted by molar-refractivity contribution is 0.0682. The molecule has 5 heteroatoms. The Labute approximate surface area is 121 Å². The highest BCUT2D eigenvalue weighted by Crippen LogP contribution is 2.34. The number of rotatable bonds is 3. The molecule has 0 amide bonds. The van der Waals surface area contributed by atoms with Crippen molar-refractivity contribution < 1.29 is 4.74 Å². The molecule has 1 aliphatic rings. The molecule has 1 saturated carbocycles. The van der Waals surface area contributed by atoms with Gasteiger partial charge in [0, 0.05) is 13.2 Å². The zero-order valence-electron chi connectivity index (χ0n) is 10.9. The van der Waals surface area contributed by atoms with Crippen LogP contribution in [0.4, 0.5) is 5.69 Å². The van der Waals surface area contributed by atoms with E-state index in [1.54, 1.807) is 18.4 Å². The number of aromatic nitrogens is 1. The quantitative estimate of drug-likeness (QED) is 0.916. The van der Waals surface area contributed by atoms with Gasteiger partial charge in [0.25, 0.3) is 0 Å². The van der Waals surface area contributed by atoms with Crippen molar-refractivity contribution in [3.63, 3.8) is 0 Å². The van der Waals surface area contributed by atoms with Crippen molar-refractivity contribution in [3.05, 3.63) is 22.7 Å². The van der Waals surface area contributed by atoms with Gasteiger partial charge in [0.05, 0.1) is 27.0 Å². The van der Waals surface area contributed by atoms with E-state index in [0.29, 0.717) is 12.1 Å². The number of halogens is 1. The van der Waals surface area contributed by atoms with Gasteiger partial charge in [-0.15, -0.1) is 11.3 Å². The van der Waals surface area contributed by atoms with E-state index in [1.165, 1.54) is 4.70 Å². The van der Waals surface area contributed by atoms with Gasteiger partial charge in [-0.25, -0.2) is 4.98 Å². The third-order valence-corrected chi connectivity index (χ3v) is 4.92. The standard InChI is InChI=1S/C14H17ClN2OS/c1-18-10-4-2-9(3-5-10)17-13-11(15)6-7-12-14(13)16-8-19-12/h6-10,17H,2-5H2,1H3. The number of ether oxygens (including phenoxy) is 1. The Kier molecular flexibility index (Phi) is 3.91. The summed E-state index contributed by atoms with van der Waals surface area (Å²) in [5.74, 6) is 0. The third-order valence-electron chi connectivity index (χ3n) is 3.81. The maximum absolute atomic E-state index is 6.31. The lowest BCUT2D eigenvalue weighted by atomic mass is 9.93. The summed E-state index contributed by atoms with van der Waals surface area (Å²) in [4.78, 5) is 4.42. The number of fused-ring (bicyclic) bond motifs is 1. The van der Waals surface area contributed by atoms with Gasteiger partial charge < -0.3 is 10.1 Å². The second-order valence-electron chi connectivity index (χ2n) is 4.98. The summed E-state index contributed by atoms with van der Waals surface area (Å²) < 4.78 is 6.58. The first-order chi connectivity index (χ1) is 9.28. The Morgan fingerprint density at radius 3 is 2.84 bits per heavy atom. The average molecular weight is 297 g/mol. The molecule has 3 rings (SSSR count). The Balaban J connectivity index is 1.78. The number of thiazole rings is 1. The van der Waals surface area contributed by atoms with Crippen molar-refractivity contribution in [2.24, 2.45) is 0 Å². The van der Waals surface area contributed by atoms with Gasteiger partial charge in [0.1, 0.15) is 5.52 Å². The number of hydrogen-bond donors (Lipinski definition) is 1. The molecule has 0 unspecified atom stereocenters. The van der Waals surface area contributed by atoms with Crippen LogP contribution in [-0.2, 0) is 4.74 Å². The Bertz CT molecular complexity index is 564. The van der Waals surface area contributed by atoms with Crippen molar-refractivity contribution in [1.82, 2.24) is 4.98 Å². The molecule has 1 aromatic heterocycles. The normalized spacial score (nSPS) is 23.7. The molecule has 3 nitrogen and oxygen atoms in total. The van der Waals surface area contributed by atoms with E-state index in [4.69, 9.17) is 16.3 Å². The van der Waals surface area contributed by atoms with Crippen molar-refractivity contribution in [1.29, 1.82) is 0 Å². The monoisotopic (exact) mass is 296 g/mol. The summed E-state index contributed by atoms with van der Waals surface area (Å²) in [6.45, 7) is 0. The Hall–Kier alpha value is -0.840. The van der Waals surface area contributed by atoms with Crippen LogP contribution in [0.1, 0.15) is 25.7 Å². The lowest BCUT2D eigenvalue weighted by Crippen LogP contribution is -2.29. The summed E-state index contributed by atoms with van der Waals surface area (Å²) in [5.41, 5.74) is 3.85. The van der Waals surface area contributed by atoms with Crippen LogP contribution in [-0.4, -0.2) is 24.2 Å². The van der Waals surface area contributed by atoms with Crippen LogP contribution in [0.15, 0.2) is 17.6 Å². The van der Waals surface area contributed by atoms with Crippen LogP contribution < -0.4 is 5.32 Å². The molecule has 102 valence electrons. The maximum atomic E-state index is 6.31. The number of benzene rings is 1. The van der Waals surface area contributed by atoms with Gasteiger partial charge in [-0.3, -0.25) is 0 Å². The molecule has 0 spiro atoms. The summed E-state index contributed by atoms with van der Waals surface area (Å²) in [6, 6.07) is 4.45. The smallest absolute Gasteiger partial charge is 0.106 e.